The molecule has 1 fully saturated rings. The molecule has 1 aliphatic heterocycles. The molecule has 0 atom stereocenters. The van der Waals surface area contributed by atoms with Gasteiger partial charge >= 0.3 is 0 Å². The van der Waals surface area contributed by atoms with Gasteiger partial charge in [0.15, 0.2) is 6.61 Å². The maximum Gasteiger partial charge on any atom is 0.266 e. The largest absolute Gasteiger partial charge is 0.484 e. The number of thiocarbonyl (C=S) groups is 1. The summed E-state index contributed by atoms with van der Waals surface area (Å²) in [6.07, 6.45) is 1.79. The van der Waals surface area contributed by atoms with E-state index in [1.54, 1.807) is 23.1 Å². The molecule has 1 aliphatic rings. The van der Waals surface area contributed by atoms with Crippen LogP contribution in [0, 0.1) is 0 Å². The molecule has 1 heterocycles. The van der Waals surface area contributed by atoms with Crippen molar-refractivity contribution in [1.29, 1.82) is 0 Å². The standard InChI is InChI=1S/C25H20N2O3S2/c28-23(26-20-11-5-2-6-12-20)17-30-21-13-7-10-19(14-21)15-22-24(29)27(25(31)32-22)16-18-8-3-1-4-9-18/h1-15H,16-17H2,(H,26,28)/b22-15-. The summed E-state index contributed by atoms with van der Waals surface area (Å²) in [6, 6.07) is 26.2. The monoisotopic (exact) mass is 460 g/mol. The molecule has 3 aromatic rings. The van der Waals surface area contributed by atoms with E-state index in [0.717, 1.165) is 11.1 Å². The molecule has 0 bridgehead atoms. The number of para-hydroxylation sites is 1. The molecule has 0 spiro atoms. The number of amides is 2. The minimum absolute atomic E-state index is 0.114. The SMILES string of the molecule is O=C(COc1cccc(/C=C2\SC(=S)N(Cc3ccccc3)C2=O)c1)Nc1ccccc1. The molecular formula is C25H20N2O3S2. The zero-order valence-electron chi connectivity index (χ0n) is 17.1. The second-order valence-corrected chi connectivity index (χ2v) is 8.70. The maximum atomic E-state index is 12.9. The van der Waals surface area contributed by atoms with Crippen molar-refractivity contribution < 1.29 is 14.3 Å². The van der Waals surface area contributed by atoms with Crippen LogP contribution in [0.15, 0.2) is 89.8 Å². The summed E-state index contributed by atoms with van der Waals surface area (Å²) in [7, 11) is 0. The van der Waals surface area contributed by atoms with Crippen LogP contribution in [0.5, 0.6) is 5.75 Å². The third kappa shape index (κ3) is 5.63. The van der Waals surface area contributed by atoms with Gasteiger partial charge in [-0.15, -0.1) is 0 Å². The van der Waals surface area contributed by atoms with E-state index >= 15 is 0 Å². The number of hydrogen-bond donors (Lipinski definition) is 1. The maximum absolute atomic E-state index is 12.9. The molecule has 7 heteroatoms. The van der Waals surface area contributed by atoms with Crippen molar-refractivity contribution in [3.63, 3.8) is 0 Å². The van der Waals surface area contributed by atoms with Gasteiger partial charge in [-0.05, 0) is 41.5 Å². The van der Waals surface area contributed by atoms with Crippen LogP contribution >= 0.6 is 24.0 Å². The van der Waals surface area contributed by atoms with Gasteiger partial charge in [-0.2, -0.15) is 0 Å². The molecule has 3 aromatic carbocycles. The van der Waals surface area contributed by atoms with Crippen LogP contribution < -0.4 is 10.1 Å². The number of carbonyl (C=O) groups excluding carboxylic acids is 2. The second-order valence-electron chi connectivity index (χ2n) is 7.03. The molecule has 32 heavy (non-hydrogen) atoms. The van der Waals surface area contributed by atoms with Crippen molar-refractivity contribution in [2.75, 3.05) is 11.9 Å². The van der Waals surface area contributed by atoms with Crippen LogP contribution in [0.25, 0.3) is 6.08 Å². The van der Waals surface area contributed by atoms with Crippen molar-refractivity contribution in [3.05, 3.63) is 101 Å². The molecule has 0 unspecified atom stereocenters. The number of nitrogens with zero attached hydrogens (tertiary/aromatic N) is 1. The predicted molar refractivity (Wildman–Crippen MR) is 132 cm³/mol. The van der Waals surface area contributed by atoms with E-state index in [1.165, 1.54) is 11.8 Å². The molecule has 0 radical (unpaired) electrons. The highest BCUT2D eigenvalue weighted by Crippen LogP contribution is 2.34. The van der Waals surface area contributed by atoms with Gasteiger partial charge in [0.2, 0.25) is 0 Å². The van der Waals surface area contributed by atoms with E-state index in [-0.39, 0.29) is 18.4 Å². The van der Waals surface area contributed by atoms with Gasteiger partial charge in [0.1, 0.15) is 10.1 Å². The first-order chi connectivity index (χ1) is 15.6. The quantitative estimate of drug-likeness (QED) is 0.392. The second kappa shape index (κ2) is 10.3. The zero-order chi connectivity index (χ0) is 22.3. The normalized spacial score (nSPS) is 14.6. The fraction of sp³-hybridized carbons (Fsp3) is 0.0800. The van der Waals surface area contributed by atoms with Crippen LogP contribution in [0.2, 0.25) is 0 Å². The van der Waals surface area contributed by atoms with Crippen molar-refractivity contribution in [1.82, 2.24) is 4.90 Å². The molecule has 160 valence electrons. The Hall–Kier alpha value is -3.42. The van der Waals surface area contributed by atoms with E-state index < -0.39 is 0 Å². The molecule has 0 aromatic heterocycles. The molecule has 1 N–H and O–H groups in total. The van der Waals surface area contributed by atoms with Crippen molar-refractivity contribution in [2.24, 2.45) is 0 Å². The van der Waals surface area contributed by atoms with Crippen LogP contribution in [-0.4, -0.2) is 27.6 Å². The average molecular weight is 461 g/mol. The average Bonchev–Trinajstić information content (AvgIpc) is 3.07. The van der Waals surface area contributed by atoms with Crippen molar-refractivity contribution >= 4 is 51.9 Å². The van der Waals surface area contributed by atoms with Crippen molar-refractivity contribution in [2.45, 2.75) is 6.54 Å². The summed E-state index contributed by atoms with van der Waals surface area (Å²) in [4.78, 5) is 27.1. The lowest BCUT2D eigenvalue weighted by Crippen LogP contribution is -2.27. The Balaban J connectivity index is 1.39. The smallest absolute Gasteiger partial charge is 0.266 e. The van der Waals surface area contributed by atoms with Crippen LogP contribution in [0.3, 0.4) is 0 Å². The van der Waals surface area contributed by atoms with E-state index in [0.29, 0.717) is 27.2 Å². The molecule has 2 amide bonds. The van der Waals surface area contributed by atoms with E-state index in [2.05, 4.69) is 5.32 Å². The predicted octanol–water partition coefficient (Wildman–Crippen LogP) is 5.11. The fourth-order valence-electron chi connectivity index (χ4n) is 3.12. The Kier molecular flexibility index (Phi) is 6.99. The van der Waals surface area contributed by atoms with Crippen LogP contribution in [0.1, 0.15) is 11.1 Å². The summed E-state index contributed by atoms with van der Waals surface area (Å²) in [5.41, 5.74) is 2.53. The number of hydrogen-bond acceptors (Lipinski definition) is 5. The van der Waals surface area contributed by atoms with Gasteiger partial charge in [0.05, 0.1) is 11.4 Å². The molecule has 1 saturated heterocycles. The number of thioether (sulfide) groups is 1. The van der Waals surface area contributed by atoms with Gasteiger partial charge in [0, 0.05) is 5.69 Å². The molecule has 4 rings (SSSR count). The molecule has 0 aliphatic carbocycles. The Morgan fingerprint density at radius 3 is 2.47 bits per heavy atom. The Labute approximate surface area is 196 Å². The lowest BCUT2D eigenvalue weighted by Gasteiger charge is -2.14. The van der Waals surface area contributed by atoms with Gasteiger partial charge in [0.25, 0.3) is 11.8 Å². The lowest BCUT2D eigenvalue weighted by atomic mass is 10.2. The van der Waals surface area contributed by atoms with Crippen molar-refractivity contribution in [3.8, 4) is 5.75 Å². The number of anilines is 1. The first kappa shape index (κ1) is 21.8. The third-order valence-corrected chi connectivity index (χ3v) is 6.02. The zero-order valence-corrected chi connectivity index (χ0v) is 18.7. The summed E-state index contributed by atoms with van der Waals surface area (Å²) >= 11 is 6.70. The Morgan fingerprint density at radius 2 is 1.72 bits per heavy atom. The molecule has 5 nitrogen and oxygen atoms in total. The molecule has 0 saturated carbocycles. The van der Waals surface area contributed by atoms with Crippen LogP contribution in [0.4, 0.5) is 5.69 Å². The van der Waals surface area contributed by atoms with E-state index in [9.17, 15) is 9.59 Å². The minimum Gasteiger partial charge on any atom is -0.484 e. The van der Waals surface area contributed by atoms with Gasteiger partial charge in [-0.25, -0.2) is 0 Å². The Bertz CT molecular complexity index is 1160. The minimum atomic E-state index is -0.247. The van der Waals surface area contributed by atoms with Gasteiger partial charge in [-0.3, -0.25) is 14.5 Å². The first-order valence-corrected chi connectivity index (χ1v) is 11.2. The number of rotatable bonds is 7. The van der Waals surface area contributed by atoms with Gasteiger partial charge in [-0.1, -0.05) is 84.6 Å². The van der Waals surface area contributed by atoms with Crippen LogP contribution in [-0.2, 0) is 16.1 Å². The first-order valence-electron chi connectivity index (χ1n) is 9.95. The van der Waals surface area contributed by atoms with Gasteiger partial charge < -0.3 is 10.1 Å². The van der Waals surface area contributed by atoms with E-state index in [4.69, 9.17) is 17.0 Å². The summed E-state index contributed by atoms with van der Waals surface area (Å²) in [5.74, 6) is 0.183. The number of ether oxygens (including phenoxy) is 1. The number of nitrogens with one attached hydrogen (secondary N) is 1. The summed E-state index contributed by atoms with van der Waals surface area (Å²) < 4.78 is 6.16. The summed E-state index contributed by atoms with van der Waals surface area (Å²) in [5, 5.41) is 2.78. The highest BCUT2D eigenvalue weighted by Gasteiger charge is 2.31. The fourth-order valence-corrected chi connectivity index (χ4v) is 4.37. The van der Waals surface area contributed by atoms with E-state index in [1.807, 2.05) is 72.8 Å². The molecular weight excluding hydrogens is 440 g/mol. The lowest BCUT2D eigenvalue weighted by molar-refractivity contribution is -0.122. The topological polar surface area (TPSA) is 58.6 Å². The number of carbonyl (C=O) groups is 2. The highest BCUT2D eigenvalue weighted by atomic mass is 32.2. The third-order valence-electron chi connectivity index (χ3n) is 4.64. The Morgan fingerprint density at radius 1 is 1.00 bits per heavy atom. The summed E-state index contributed by atoms with van der Waals surface area (Å²) in [6.45, 7) is 0.333. The number of benzene rings is 3. The highest BCUT2D eigenvalue weighted by molar-refractivity contribution is 8.26.